The molecule has 3 aromatic carbocycles. The van der Waals surface area contributed by atoms with E-state index >= 15 is 0 Å². The number of rotatable bonds is 4. The number of ether oxygens (including phenoxy) is 2. The first-order valence-corrected chi connectivity index (χ1v) is 9.58. The molecule has 10 heteroatoms. The van der Waals surface area contributed by atoms with Gasteiger partial charge in [0, 0.05) is 11.1 Å². The first-order valence-electron chi connectivity index (χ1n) is 9.58. The van der Waals surface area contributed by atoms with E-state index in [0.717, 1.165) is 36.4 Å². The summed E-state index contributed by atoms with van der Waals surface area (Å²) in [6, 6.07) is 12.7. The Labute approximate surface area is 188 Å². The number of alkyl halides is 6. The molecule has 0 radical (unpaired) electrons. The van der Waals surface area contributed by atoms with Gasteiger partial charge in [-0.2, -0.15) is 26.3 Å². The number of benzene rings is 3. The molecule has 0 saturated heterocycles. The van der Waals surface area contributed by atoms with Crippen molar-refractivity contribution in [2.45, 2.75) is 12.4 Å². The van der Waals surface area contributed by atoms with Crippen LogP contribution < -0.4 is 9.47 Å². The third-order valence-corrected chi connectivity index (χ3v) is 4.80. The van der Waals surface area contributed by atoms with Gasteiger partial charge in [0.25, 0.3) is 0 Å². The first kappa shape index (κ1) is 23.1. The molecule has 0 aliphatic heterocycles. The van der Waals surface area contributed by atoms with Gasteiger partial charge >= 0.3 is 12.4 Å². The maximum Gasteiger partial charge on any atom is 0.416 e. The number of hydrogen-bond acceptors (Lipinski definition) is 4. The van der Waals surface area contributed by atoms with Crippen LogP contribution in [0.5, 0.6) is 11.5 Å². The minimum atomic E-state index is -4.70. The van der Waals surface area contributed by atoms with Crippen molar-refractivity contribution in [1.82, 2.24) is 0 Å². The fraction of sp³-hybridized carbons (Fsp3) is 0.0833. The first-order chi connectivity index (χ1) is 15.9. The summed E-state index contributed by atoms with van der Waals surface area (Å²) < 4.78 is 89.2. The zero-order valence-corrected chi connectivity index (χ0v) is 16.8. The topological polar surface area (TPSA) is 52.6 Å². The number of Topliss-reactive ketones (excluding diaryl/α,β-unsaturated/α-hetero) is 2. The molecule has 0 saturated carbocycles. The smallest absolute Gasteiger partial charge is 0.416 e. The van der Waals surface area contributed by atoms with Crippen LogP contribution in [-0.4, -0.2) is 11.6 Å². The van der Waals surface area contributed by atoms with Gasteiger partial charge in [0.1, 0.15) is 11.5 Å². The van der Waals surface area contributed by atoms with Crippen molar-refractivity contribution in [3.63, 3.8) is 0 Å². The lowest BCUT2D eigenvalue weighted by atomic mass is 9.92. The van der Waals surface area contributed by atoms with Crippen LogP contribution >= 0.6 is 0 Å². The molecule has 0 atom stereocenters. The summed E-state index contributed by atoms with van der Waals surface area (Å²) in [6.07, 6.45) is -9.41. The van der Waals surface area contributed by atoms with Crippen molar-refractivity contribution in [1.29, 1.82) is 0 Å². The molecule has 0 N–H and O–H groups in total. The number of allylic oxidation sites excluding steroid dienone is 2. The van der Waals surface area contributed by atoms with E-state index in [9.17, 15) is 35.9 Å². The summed E-state index contributed by atoms with van der Waals surface area (Å²) in [5.41, 5.74) is -2.32. The average Bonchev–Trinajstić information content (AvgIpc) is 2.79. The Morgan fingerprint density at radius 1 is 0.529 bits per heavy atom. The van der Waals surface area contributed by atoms with Crippen molar-refractivity contribution < 1.29 is 45.4 Å². The third kappa shape index (κ3) is 4.52. The Balaban J connectivity index is 1.81. The van der Waals surface area contributed by atoms with Gasteiger partial charge in [-0.1, -0.05) is 36.4 Å². The molecular weight excluding hydrogens is 466 g/mol. The van der Waals surface area contributed by atoms with Crippen LogP contribution in [0.15, 0.2) is 84.3 Å². The van der Waals surface area contributed by atoms with Gasteiger partial charge in [-0.25, -0.2) is 0 Å². The number of carbonyl (C=O) groups excluding carboxylic acids is 2. The lowest BCUT2D eigenvalue weighted by molar-refractivity contribution is -0.138. The summed E-state index contributed by atoms with van der Waals surface area (Å²) in [6.45, 7) is 0. The Kier molecular flexibility index (Phi) is 5.68. The molecule has 1 aliphatic rings. The second-order valence-corrected chi connectivity index (χ2v) is 7.12. The summed E-state index contributed by atoms with van der Waals surface area (Å²) in [5.74, 6) is -4.10. The summed E-state index contributed by atoms with van der Waals surface area (Å²) in [5, 5.41) is 0. The van der Waals surface area contributed by atoms with Crippen LogP contribution in [0.3, 0.4) is 0 Å². The average molecular weight is 478 g/mol. The van der Waals surface area contributed by atoms with Gasteiger partial charge in [-0.05, 0) is 36.4 Å². The molecule has 0 bridgehead atoms. The quantitative estimate of drug-likeness (QED) is 0.403. The van der Waals surface area contributed by atoms with Crippen molar-refractivity contribution in [2.24, 2.45) is 0 Å². The highest BCUT2D eigenvalue weighted by molar-refractivity contribution is 6.25. The van der Waals surface area contributed by atoms with Crippen LogP contribution in [0.25, 0.3) is 0 Å². The largest absolute Gasteiger partial charge is 0.449 e. The Bertz CT molecular complexity index is 1220. The van der Waals surface area contributed by atoms with Crippen LogP contribution in [0, 0.1) is 0 Å². The van der Waals surface area contributed by atoms with E-state index < -0.39 is 58.1 Å². The van der Waals surface area contributed by atoms with Crippen LogP contribution in [0.4, 0.5) is 26.3 Å². The highest BCUT2D eigenvalue weighted by atomic mass is 19.4. The molecule has 1 aliphatic carbocycles. The fourth-order valence-electron chi connectivity index (χ4n) is 3.22. The molecule has 4 rings (SSSR count). The molecule has 0 fully saturated rings. The Morgan fingerprint density at radius 2 is 0.912 bits per heavy atom. The lowest BCUT2D eigenvalue weighted by Crippen LogP contribution is -2.27. The van der Waals surface area contributed by atoms with Crippen molar-refractivity contribution in [2.75, 3.05) is 0 Å². The van der Waals surface area contributed by atoms with Gasteiger partial charge in [0.15, 0.2) is 0 Å². The standard InChI is InChI=1S/C24H12F6O4/c25-23(26,27)13-5-3-7-15(11-13)33-21-19(31)17-9-1-2-10-18(17)20(32)22(21)34-16-8-4-6-14(12-16)24(28,29)30/h1-12H. The monoisotopic (exact) mass is 478 g/mol. The van der Waals surface area contributed by atoms with E-state index in [1.165, 1.54) is 24.3 Å². The Morgan fingerprint density at radius 3 is 1.26 bits per heavy atom. The second-order valence-electron chi connectivity index (χ2n) is 7.12. The zero-order chi connectivity index (χ0) is 24.7. The predicted octanol–water partition coefficient (Wildman–Crippen LogP) is 6.47. The van der Waals surface area contributed by atoms with Gasteiger partial charge < -0.3 is 9.47 Å². The molecule has 34 heavy (non-hydrogen) atoms. The predicted molar refractivity (Wildman–Crippen MR) is 106 cm³/mol. The Hall–Kier alpha value is -4.08. The maximum absolute atomic E-state index is 13.1. The molecule has 0 unspecified atom stereocenters. The second kappa shape index (κ2) is 8.36. The molecule has 0 aromatic heterocycles. The summed E-state index contributed by atoms with van der Waals surface area (Å²) in [4.78, 5) is 26.1. The lowest BCUT2D eigenvalue weighted by Gasteiger charge is -2.21. The highest BCUT2D eigenvalue weighted by Gasteiger charge is 2.37. The summed E-state index contributed by atoms with van der Waals surface area (Å²) >= 11 is 0. The SMILES string of the molecule is O=C1C(Oc2cccc(C(F)(F)F)c2)=C(Oc2cccc(C(F)(F)F)c2)C(=O)c2ccccc21. The van der Waals surface area contributed by atoms with Gasteiger partial charge in [0.05, 0.1) is 11.1 Å². The highest BCUT2D eigenvalue weighted by Crippen LogP contribution is 2.36. The zero-order valence-electron chi connectivity index (χ0n) is 16.8. The number of fused-ring (bicyclic) bond motifs is 1. The number of carbonyl (C=O) groups is 2. The van der Waals surface area contributed by atoms with Crippen LogP contribution in [-0.2, 0) is 12.4 Å². The molecule has 0 spiro atoms. The van der Waals surface area contributed by atoms with Crippen molar-refractivity contribution >= 4 is 11.6 Å². The third-order valence-electron chi connectivity index (χ3n) is 4.80. The normalized spacial score (nSPS) is 14.2. The molecule has 0 heterocycles. The fourth-order valence-corrected chi connectivity index (χ4v) is 3.22. The summed E-state index contributed by atoms with van der Waals surface area (Å²) in [7, 11) is 0. The molecule has 4 nitrogen and oxygen atoms in total. The van der Waals surface area contributed by atoms with Crippen molar-refractivity contribution in [3.05, 3.63) is 107 Å². The molecular formula is C24H12F6O4. The number of ketones is 2. The maximum atomic E-state index is 13.1. The number of halogens is 6. The molecule has 0 amide bonds. The van der Waals surface area contributed by atoms with Gasteiger partial charge in [0.2, 0.25) is 23.1 Å². The van der Waals surface area contributed by atoms with Gasteiger partial charge in [-0.15, -0.1) is 0 Å². The minimum absolute atomic E-state index is 0.0918. The van der Waals surface area contributed by atoms with E-state index in [4.69, 9.17) is 9.47 Å². The molecule has 174 valence electrons. The van der Waals surface area contributed by atoms with E-state index in [2.05, 4.69) is 0 Å². The van der Waals surface area contributed by atoms with Crippen LogP contribution in [0.1, 0.15) is 31.8 Å². The van der Waals surface area contributed by atoms with Gasteiger partial charge in [-0.3, -0.25) is 9.59 Å². The van der Waals surface area contributed by atoms with E-state index in [1.54, 1.807) is 0 Å². The van der Waals surface area contributed by atoms with E-state index in [-0.39, 0.29) is 11.1 Å². The van der Waals surface area contributed by atoms with E-state index in [1.807, 2.05) is 0 Å². The van der Waals surface area contributed by atoms with E-state index in [0.29, 0.717) is 12.1 Å². The number of hydrogen-bond donors (Lipinski definition) is 0. The van der Waals surface area contributed by atoms with Crippen LogP contribution in [0.2, 0.25) is 0 Å². The minimum Gasteiger partial charge on any atom is -0.449 e. The van der Waals surface area contributed by atoms with Crippen molar-refractivity contribution in [3.8, 4) is 11.5 Å². The molecule has 3 aromatic rings.